The van der Waals surface area contributed by atoms with Crippen molar-refractivity contribution in [2.24, 2.45) is 11.8 Å². The molecule has 1 N–H and O–H groups in total. The molecule has 2 aliphatic rings. The van der Waals surface area contributed by atoms with Crippen LogP contribution in [0.25, 0.3) is 0 Å². The normalized spacial score (nSPS) is 30.6. The molecule has 1 saturated carbocycles. The van der Waals surface area contributed by atoms with E-state index >= 15 is 0 Å². The molecule has 96 valence electrons. The largest absolute Gasteiger partial charge is 0.392 e. The molecule has 0 aromatic rings. The van der Waals surface area contributed by atoms with Gasteiger partial charge >= 0.3 is 0 Å². The maximum absolute atomic E-state index is 12.1. The SMILES string of the molecule is O=C1C2CCCCC2C(=O)N1CCC(O)CBr. The van der Waals surface area contributed by atoms with E-state index in [1.807, 2.05) is 0 Å². The van der Waals surface area contributed by atoms with Crippen molar-refractivity contribution in [3.05, 3.63) is 0 Å². The van der Waals surface area contributed by atoms with Crippen LogP contribution in [0.15, 0.2) is 0 Å². The zero-order valence-electron chi connectivity index (χ0n) is 9.77. The Labute approximate surface area is 109 Å². The Morgan fingerprint density at radius 1 is 1.24 bits per heavy atom. The van der Waals surface area contributed by atoms with Gasteiger partial charge in [0.15, 0.2) is 0 Å². The lowest BCUT2D eigenvalue weighted by molar-refractivity contribution is -0.140. The van der Waals surface area contributed by atoms with Gasteiger partial charge in [-0.25, -0.2) is 0 Å². The summed E-state index contributed by atoms with van der Waals surface area (Å²) in [7, 11) is 0. The molecule has 2 fully saturated rings. The van der Waals surface area contributed by atoms with Crippen LogP contribution in [-0.2, 0) is 9.59 Å². The van der Waals surface area contributed by atoms with Crippen LogP contribution in [0.3, 0.4) is 0 Å². The van der Waals surface area contributed by atoms with E-state index in [1.54, 1.807) is 0 Å². The molecule has 0 spiro atoms. The zero-order valence-corrected chi connectivity index (χ0v) is 11.4. The first-order valence-electron chi connectivity index (χ1n) is 6.24. The number of carbonyl (C=O) groups excluding carboxylic acids is 2. The summed E-state index contributed by atoms with van der Waals surface area (Å²) in [5, 5.41) is 9.94. The molecule has 1 saturated heterocycles. The molecule has 0 radical (unpaired) electrons. The first-order valence-corrected chi connectivity index (χ1v) is 7.36. The fourth-order valence-corrected chi connectivity index (χ4v) is 3.13. The van der Waals surface area contributed by atoms with Crippen molar-refractivity contribution in [1.82, 2.24) is 4.90 Å². The molecule has 2 amide bonds. The van der Waals surface area contributed by atoms with Crippen LogP contribution in [0.1, 0.15) is 32.1 Å². The lowest BCUT2D eigenvalue weighted by atomic mass is 9.81. The minimum Gasteiger partial charge on any atom is -0.392 e. The van der Waals surface area contributed by atoms with Crippen LogP contribution >= 0.6 is 15.9 Å². The van der Waals surface area contributed by atoms with Crippen LogP contribution in [0.5, 0.6) is 0 Å². The van der Waals surface area contributed by atoms with E-state index in [-0.39, 0.29) is 23.7 Å². The van der Waals surface area contributed by atoms with Crippen molar-refractivity contribution in [1.29, 1.82) is 0 Å². The van der Waals surface area contributed by atoms with Gasteiger partial charge in [0.25, 0.3) is 0 Å². The van der Waals surface area contributed by atoms with E-state index in [2.05, 4.69) is 15.9 Å². The molecular formula is C12H18BrNO3. The van der Waals surface area contributed by atoms with Gasteiger partial charge in [-0.05, 0) is 19.3 Å². The second-order valence-electron chi connectivity index (χ2n) is 4.92. The molecule has 2 rings (SSSR count). The molecular weight excluding hydrogens is 286 g/mol. The lowest BCUT2D eigenvalue weighted by Crippen LogP contribution is -2.34. The van der Waals surface area contributed by atoms with Gasteiger partial charge < -0.3 is 5.11 Å². The molecule has 5 heteroatoms. The second kappa shape index (κ2) is 5.48. The number of amides is 2. The Hall–Kier alpha value is -0.420. The van der Waals surface area contributed by atoms with Crippen molar-refractivity contribution < 1.29 is 14.7 Å². The van der Waals surface area contributed by atoms with Gasteiger partial charge in [-0.15, -0.1) is 0 Å². The standard InChI is InChI=1S/C12H18BrNO3/c13-7-8(15)5-6-14-11(16)9-3-1-2-4-10(9)12(14)17/h8-10,15H,1-7H2. The minimum atomic E-state index is -0.488. The minimum absolute atomic E-state index is 0.0125. The summed E-state index contributed by atoms with van der Waals surface area (Å²) in [6, 6.07) is 0. The predicted molar refractivity (Wildman–Crippen MR) is 66.6 cm³/mol. The van der Waals surface area contributed by atoms with Gasteiger partial charge in [0.2, 0.25) is 11.8 Å². The maximum atomic E-state index is 12.1. The van der Waals surface area contributed by atoms with Crippen LogP contribution in [0.4, 0.5) is 0 Å². The highest BCUT2D eigenvalue weighted by molar-refractivity contribution is 9.09. The third-order valence-electron chi connectivity index (χ3n) is 3.80. The zero-order chi connectivity index (χ0) is 12.4. The number of rotatable bonds is 4. The Bertz CT molecular complexity index is 297. The Morgan fingerprint density at radius 2 is 1.76 bits per heavy atom. The third kappa shape index (κ3) is 2.55. The van der Waals surface area contributed by atoms with Crippen molar-refractivity contribution in [2.75, 3.05) is 11.9 Å². The van der Waals surface area contributed by atoms with E-state index in [0.717, 1.165) is 25.7 Å². The molecule has 0 aromatic heterocycles. The molecule has 1 heterocycles. The first kappa shape index (κ1) is 13.0. The van der Waals surface area contributed by atoms with Crippen LogP contribution in [0, 0.1) is 11.8 Å². The predicted octanol–water partition coefficient (Wildman–Crippen LogP) is 1.31. The fourth-order valence-electron chi connectivity index (χ4n) is 2.81. The number of fused-ring (bicyclic) bond motifs is 1. The van der Waals surface area contributed by atoms with Gasteiger partial charge in [0, 0.05) is 11.9 Å². The van der Waals surface area contributed by atoms with Gasteiger partial charge in [-0.1, -0.05) is 28.8 Å². The van der Waals surface area contributed by atoms with Gasteiger partial charge in [-0.3, -0.25) is 14.5 Å². The van der Waals surface area contributed by atoms with Crippen molar-refractivity contribution in [2.45, 2.75) is 38.2 Å². The van der Waals surface area contributed by atoms with E-state index in [0.29, 0.717) is 18.3 Å². The topological polar surface area (TPSA) is 57.6 Å². The van der Waals surface area contributed by atoms with Crippen molar-refractivity contribution in [3.8, 4) is 0 Å². The number of imide groups is 1. The molecule has 3 atom stereocenters. The number of aliphatic hydroxyl groups excluding tert-OH is 1. The highest BCUT2D eigenvalue weighted by Crippen LogP contribution is 2.37. The van der Waals surface area contributed by atoms with Crippen LogP contribution < -0.4 is 0 Å². The number of hydrogen-bond acceptors (Lipinski definition) is 3. The third-order valence-corrected chi connectivity index (χ3v) is 4.54. The molecule has 0 bridgehead atoms. The maximum Gasteiger partial charge on any atom is 0.233 e. The summed E-state index contributed by atoms with van der Waals surface area (Å²) in [5.74, 6) is -0.169. The quantitative estimate of drug-likeness (QED) is 0.629. The van der Waals surface area contributed by atoms with Crippen LogP contribution in [0.2, 0.25) is 0 Å². The summed E-state index contributed by atoms with van der Waals surface area (Å²) in [4.78, 5) is 25.5. The van der Waals surface area contributed by atoms with Gasteiger partial charge in [0.1, 0.15) is 0 Å². The Morgan fingerprint density at radius 3 is 2.24 bits per heavy atom. The summed E-state index contributed by atoms with van der Waals surface area (Å²) < 4.78 is 0. The molecule has 3 unspecified atom stereocenters. The highest BCUT2D eigenvalue weighted by Gasteiger charge is 2.47. The monoisotopic (exact) mass is 303 g/mol. The van der Waals surface area contributed by atoms with Crippen LogP contribution in [-0.4, -0.2) is 39.8 Å². The summed E-state index contributed by atoms with van der Waals surface area (Å²) in [5.41, 5.74) is 0. The van der Waals surface area contributed by atoms with Gasteiger partial charge in [0.05, 0.1) is 17.9 Å². The molecule has 17 heavy (non-hydrogen) atoms. The lowest BCUT2D eigenvalue weighted by Gasteiger charge is -2.19. The molecule has 1 aliphatic heterocycles. The Balaban J connectivity index is 1.98. The summed E-state index contributed by atoms with van der Waals surface area (Å²) in [6.45, 7) is 0.359. The molecule has 4 nitrogen and oxygen atoms in total. The van der Waals surface area contributed by atoms with E-state index < -0.39 is 6.10 Å². The average Bonchev–Trinajstić information content (AvgIpc) is 2.60. The number of carbonyl (C=O) groups is 2. The van der Waals surface area contributed by atoms with E-state index in [9.17, 15) is 14.7 Å². The van der Waals surface area contributed by atoms with Gasteiger partial charge in [-0.2, -0.15) is 0 Å². The number of nitrogens with zero attached hydrogens (tertiary/aromatic N) is 1. The Kier molecular flexibility index (Phi) is 4.20. The molecule has 1 aliphatic carbocycles. The number of halogens is 1. The van der Waals surface area contributed by atoms with Crippen molar-refractivity contribution in [3.63, 3.8) is 0 Å². The summed E-state index contributed by atoms with van der Waals surface area (Å²) in [6.07, 6.45) is 3.79. The number of aliphatic hydroxyl groups is 1. The van der Waals surface area contributed by atoms with E-state index in [1.165, 1.54) is 4.90 Å². The second-order valence-corrected chi connectivity index (χ2v) is 5.57. The highest BCUT2D eigenvalue weighted by atomic mass is 79.9. The number of alkyl halides is 1. The fraction of sp³-hybridized carbons (Fsp3) is 0.833. The first-order chi connectivity index (χ1) is 8.15. The molecule has 0 aromatic carbocycles. The van der Waals surface area contributed by atoms with Crippen molar-refractivity contribution >= 4 is 27.7 Å². The number of likely N-dealkylation sites (tertiary alicyclic amines) is 1. The summed E-state index contributed by atoms with van der Waals surface area (Å²) >= 11 is 3.18. The smallest absolute Gasteiger partial charge is 0.233 e. The van der Waals surface area contributed by atoms with E-state index in [4.69, 9.17) is 0 Å². The number of hydrogen-bond donors (Lipinski definition) is 1. The average molecular weight is 304 g/mol.